The first-order chi connectivity index (χ1) is 6.24. The molecule has 0 N–H and O–H groups in total. The highest BCUT2D eigenvalue weighted by molar-refractivity contribution is 6.76. The summed E-state index contributed by atoms with van der Waals surface area (Å²) in [6.45, 7) is 8.51. The van der Waals surface area contributed by atoms with Gasteiger partial charge in [0.1, 0.15) is 29.3 Å². The fourth-order valence-electron chi connectivity index (χ4n) is 1.16. The van der Waals surface area contributed by atoms with Gasteiger partial charge >= 0.3 is 8.80 Å². The molecule has 79 valence electrons. The third-order valence-electron chi connectivity index (χ3n) is 1.49. The van der Waals surface area contributed by atoms with Crippen molar-refractivity contribution in [2.75, 3.05) is 0 Å². The minimum absolute atomic E-state index is 0.426. The Labute approximate surface area is 89.7 Å². The van der Waals surface area contributed by atoms with Crippen molar-refractivity contribution in [1.29, 1.82) is 0 Å². The zero-order valence-corrected chi connectivity index (χ0v) is 14.4. The molecule has 7 heteroatoms. The maximum Gasteiger partial charge on any atom is 0.471 e. The molecular weight excluding hydrogens is 232 g/mol. The van der Waals surface area contributed by atoms with Gasteiger partial charge in [-0.25, -0.2) is 0 Å². The second-order valence-corrected chi connectivity index (χ2v) is 9.33. The molecule has 0 aliphatic rings. The molecule has 0 aromatic heterocycles. The summed E-state index contributed by atoms with van der Waals surface area (Å²) in [6, 6.07) is 2.15. The van der Waals surface area contributed by atoms with Crippen LogP contribution in [-0.2, 0) is 12.3 Å². The summed E-state index contributed by atoms with van der Waals surface area (Å²) in [5.41, 5.74) is 0. The minimum Gasteiger partial charge on any atom is -0.422 e. The summed E-state index contributed by atoms with van der Waals surface area (Å²) in [7, 11) is -3.51. The highest BCUT2D eigenvalue weighted by atomic mass is 28.5. The van der Waals surface area contributed by atoms with E-state index in [0.717, 1.165) is 6.42 Å². The van der Waals surface area contributed by atoms with Gasteiger partial charge < -0.3 is 12.3 Å². The molecule has 0 unspecified atom stereocenters. The van der Waals surface area contributed by atoms with Gasteiger partial charge in [0.25, 0.3) is 0 Å². The summed E-state index contributed by atoms with van der Waals surface area (Å²) >= 11 is 0. The van der Waals surface area contributed by atoms with E-state index >= 15 is 0 Å². The molecule has 0 aromatic rings. The summed E-state index contributed by atoms with van der Waals surface area (Å²) in [5.74, 6) is 0. The van der Waals surface area contributed by atoms with Crippen LogP contribution in [0, 0.1) is 6.04 Å². The van der Waals surface area contributed by atoms with Gasteiger partial charge in [0.05, 0.1) is 0 Å². The van der Waals surface area contributed by atoms with Crippen molar-refractivity contribution >= 4 is 38.1 Å². The van der Waals surface area contributed by atoms with E-state index in [0.29, 0.717) is 0 Å². The van der Waals surface area contributed by atoms with Crippen LogP contribution in [0.3, 0.4) is 0 Å². The second-order valence-electron chi connectivity index (χ2n) is 2.51. The lowest BCUT2D eigenvalue weighted by Gasteiger charge is -2.29. The zero-order chi connectivity index (χ0) is 10.2. The van der Waals surface area contributed by atoms with Crippen molar-refractivity contribution in [3.8, 4) is 0 Å². The Morgan fingerprint density at radius 1 is 1.00 bits per heavy atom. The van der Waals surface area contributed by atoms with E-state index in [4.69, 9.17) is 12.3 Å². The predicted octanol–water partition coefficient (Wildman–Crippen LogP) is -0.476. The molecule has 3 nitrogen and oxygen atoms in total. The standard InChI is InChI=1S/C6H21O3Si4/c1-5-6-13(7-10-2,8-11-3)9-12-4/h6H,5,10-12H2,1-4H3. The Morgan fingerprint density at radius 2 is 1.38 bits per heavy atom. The van der Waals surface area contributed by atoms with Crippen LogP contribution in [0.5, 0.6) is 0 Å². The molecular formula is C6H21O3Si4. The lowest BCUT2D eigenvalue weighted by Crippen LogP contribution is -2.48. The molecule has 0 saturated carbocycles. The van der Waals surface area contributed by atoms with Gasteiger partial charge in [0, 0.05) is 6.04 Å². The molecule has 0 heterocycles. The van der Waals surface area contributed by atoms with Crippen molar-refractivity contribution in [1.82, 2.24) is 0 Å². The van der Waals surface area contributed by atoms with Crippen LogP contribution in [0.15, 0.2) is 0 Å². The van der Waals surface area contributed by atoms with Crippen LogP contribution in [0.1, 0.15) is 13.3 Å². The van der Waals surface area contributed by atoms with E-state index in [1.807, 2.05) is 0 Å². The summed E-state index contributed by atoms with van der Waals surface area (Å²) in [6.07, 6.45) is 0.990. The third kappa shape index (κ3) is 5.25. The van der Waals surface area contributed by atoms with E-state index in [-0.39, 0.29) is 0 Å². The van der Waals surface area contributed by atoms with Crippen LogP contribution in [0.4, 0.5) is 0 Å². The van der Waals surface area contributed by atoms with Crippen LogP contribution in [-0.4, -0.2) is 38.1 Å². The fraction of sp³-hybridized carbons (Fsp3) is 0.833. The first-order valence-corrected chi connectivity index (χ1v) is 12.8. The Bertz CT molecular complexity index is 94.9. The van der Waals surface area contributed by atoms with Gasteiger partial charge in [-0.05, 0) is 6.42 Å². The van der Waals surface area contributed by atoms with Crippen molar-refractivity contribution in [3.63, 3.8) is 0 Å². The minimum atomic E-state index is -2.24. The zero-order valence-electron chi connectivity index (χ0n) is 9.13. The normalized spacial score (nSPS) is 18.5. The fourth-order valence-corrected chi connectivity index (χ4v) is 11.1. The SMILES string of the molecule is CC[CH][Si](O[SiH2]C)(O[SiH2]C)O[SiH2]C. The highest BCUT2D eigenvalue weighted by Crippen LogP contribution is 2.13. The van der Waals surface area contributed by atoms with Gasteiger partial charge in [-0.15, -0.1) is 0 Å². The summed E-state index contributed by atoms with van der Waals surface area (Å²) in [5, 5.41) is 0. The molecule has 0 fully saturated rings. The molecule has 0 bridgehead atoms. The quantitative estimate of drug-likeness (QED) is 0.547. The summed E-state index contributed by atoms with van der Waals surface area (Å²) in [4.78, 5) is 0. The van der Waals surface area contributed by atoms with Gasteiger partial charge in [-0.1, -0.05) is 26.6 Å². The molecule has 13 heavy (non-hydrogen) atoms. The van der Waals surface area contributed by atoms with E-state index < -0.39 is 38.1 Å². The molecule has 1 radical (unpaired) electrons. The molecule has 0 aromatic carbocycles. The van der Waals surface area contributed by atoms with Gasteiger partial charge in [-0.2, -0.15) is 0 Å². The van der Waals surface area contributed by atoms with Crippen molar-refractivity contribution in [2.24, 2.45) is 0 Å². The Balaban J connectivity index is 4.19. The smallest absolute Gasteiger partial charge is 0.422 e. The van der Waals surface area contributed by atoms with E-state index in [2.05, 4.69) is 32.6 Å². The van der Waals surface area contributed by atoms with E-state index in [1.165, 1.54) is 0 Å². The predicted molar refractivity (Wildman–Crippen MR) is 66.8 cm³/mol. The lowest BCUT2D eigenvalue weighted by atomic mass is 10.6. The van der Waals surface area contributed by atoms with Crippen LogP contribution >= 0.6 is 0 Å². The molecule has 0 saturated heterocycles. The lowest BCUT2D eigenvalue weighted by molar-refractivity contribution is 0.294. The Hall–Kier alpha value is 0.748. The monoisotopic (exact) mass is 253 g/mol. The third-order valence-corrected chi connectivity index (χ3v) is 10.7. The largest absolute Gasteiger partial charge is 0.471 e. The number of hydrogen-bond acceptors (Lipinski definition) is 3. The van der Waals surface area contributed by atoms with Crippen molar-refractivity contribution < 1.29 is 12.3 Å². The molecule has 0 aliphatic carbocycles. The van der Waals surface area contributed by atoms with Gasteiger partial charge in [0.15, 0.2) is 0 Å². The average molecular weight is 254 g/mol. The first-order valence-electron chi connectivity index (χ1n) is 5.00. The number of hydrogen-bond donors (Lipinski definition) is 0. The maximum absolute atomic E-state index is 5.80. The maximum atomic E-state index is 5.80. The van der Waals surface area contributed by atoms with Gasteiger partial charge in [0.2, 0.25) is 0 Å². The topological polar surface area (TPSA) is 27.7 Å². The molecule has 0 amide bonds. The summed E-state index contributed by atoms with van der Waals surface area (Å²) < 4.78 is 17.4. The number of rotatable bonds is 8. The first kappa shape index (κ1) is 13.7. The van der Waals surface area contributed by atoms with Gasteiger partial charge in [-0.3, -0.25) is 0 Å². The van der Waals surface area contributed by atoms with Crippen molar-refractivity contribution in [2.45, 2.75) is 33.0 Å². The molecule has 0 spiro atoms. The molecule has 0 atom stereocenters. The second kappa shape index (κ2) is 8.09. The highest BCUT2D eigenvalue weighted by Gasteiger charge is 2.37. The Morgan fingerprint density at radius 3 is 1.62 bits per heavy atom. The average Bonchev–Trinajstić information content (AvgIpc) is 2.06. The Kier molecular flexibility index (Phi) is 8.55. The van der Waals surface area contributed by atoms with E-state index in [1.54, 1.807) is 0 Å². The van der Waals surface area contributed by atoms with Crippen LogP contribution < -0.4 is 0 Å². The van der Waals surface area contributed by atoms with Crippen molar-refractivity contribution in [3.05, 3.63) is 6.04 Å². The van der Waals surface area contributed by atoms with Crippen LogP contribution in [0.2, 0.25) is 19.6 Å². The van der Waals surface area contributed by atoms with Crippen LogP contribution in [0.25, 0.3) is 0 Å². The van der Waals surface area contributed by atoms with E-state index in [9.17, 15) is 0 Å². The molecule has 0 rings (SSSR count). The molecule has 0 aliphatic heterocycles.